The predicted octanol–water partition coefficient (Wildman–Crippen LogP) is 2.34. The van der Waals surface area contributed by atoms with E-state index in [9.17, 15) is 10.1 Å². The summed E-state index contributed by atoms with van der Waals surface area (Å²) in [4.78, 5) is 10.2. The summed E-state index contributed by atoms with van der Waals surface area (Å²) >= 11 is 5.97. The number of halogens is 1. The molecule has 98 valence electrons. The highest BCUT2D eigenvalue weighted by atomic mass is 35.5. The summed E-state index contributed by atoms with van der Waals surface area (Å²) in [5.41, 5.74) is 0.423. The van der Waals surface area contributed by atoms with Gasteiger partial charge in [-0.25, -0.2) is 4.68 Å². The Morgan fingerprint density at radius 3 is 2.58 bits per heavy atom. The number of aromatic nitrogens is 3. The van der Waals surface area contributed by atoms with E-state index >= 15 is 0 Å². The molecule has 8 heteroatoms. The summed E-state index contributed by atoms with van der Waals surface area (Å²) in [6, 6.07) is 4.17. The van der Waals surface area contributed by atoms with Crippen LogP contribution in [0.3, 0.4) is 0 Å². The topological polar surface area (TPSA) is 86.2 Å². The number of nitro benzene ring substituents is 1. The van der Waals surface area contributed by atoms with Crippen LogP contribution in [0.2, 0.25) is 5.02 Å². The molecule has 0 radical (unpaired) electrons. The van der Waals surface area contributed by atoms with E-state index < -0.39 is 4.92 Å². The van der Waals surface area contributed by atoms with Crippen LogP contribution in [0.25, 0.3) is 0 Å². The molecule has 7 nitrogen and oxygen atoms in total. The Hall–Kier alpha value is -2.28. The van der Waals surface area contributed by atoms with Crippen molar-refractivity contribution in [3.05, 3.63) is 50.5 Å². The third-order valence-corrected chi connectivity index (χ3v) is 2.80. The Labute approximate surface area is 113 Å². The van der Waals surface area contributed by atoms with Crippen LogP contribution in [-0.2, 0) is 0 Å². The molecule has 0 fully saturated rings. The maximum atomic E-state index is 10.7. The van der Waals surface area contributed by atoms with Crippen LogP contribution in [-0.4, -0.2) is 26.0 Å². The van der Waals surface area contributed by atoms with E-state index in [-0.39, 0.29) is 5.69 Å². The summed E-state index contributed by atoms with van der Waals surface area (Å²) in [5, 5.41) is 23.0. The Bertz CT molecular complexity index is 646. The van der Waals surface area contributed by atoms with Gasteiger partial charge >= 0.3 is 0 Å². The van der Waals surface area contributed by atoms with Gasteiger partial charge in [-0.05, 0) is 19.9 Å². The molecule has 1 aromatic heterocycles. The molecule has 1 aromatic carbocycles. The third-order valence-electron chi connectivity index (χ3n) is 2.46. The van der Waals surface area contributed by atoms with Crippen LogP contribution < -0.4 is 0 Å². The van der Waals surface area contributed by atoms with Crippen molar-refractivity contribution < 1.29 is 4.92 Å². The molecular formula is C11H10ClN5O2. The molecule has 0 bridgehead atoms. The summed E-state index contributed by atoms with van der Waals surface area (Å²) in [7, 11) is 0. The second kappa shape index (κ2) is 5.15. The van der Waals surface area contributed by atoms with Gasteiger partial charge in [0.05, 0.1) is 11.1 Å². The van der Waals surface area contributed by atoms with Gasteiger partial charge < -0.3 is 0 Å². The number of benzene rings is 1. The standard InChI is InChI=1S/C11H10ClN5O2/c1-7-14-15-8(2)16(7)13-6-9-5-10(17(18)19)3-4-11(9)12/h3-6H,1-2H3/b13-6+. The van der Waals surface area contributed by atoms with Crippen LogP contribution in [0.15, 0.2) is 23.3 Å². The molecule has 0 N–H and O–H groups in total. The van der Waals surface area contributed by atoms with Crippen LogP contribution in [0.5, 0.6) is 0 Å². The van der Waals surface area contributed by atoms with Gasteiger partial charge in [0.15, 0.2) is 11.6 Å². The van der Waals surface area contributed by atoms with Gasteiger partial charge in [-0.3, -0.25) is 10.1 Å². The van der Waals surface area contributed by atoms with E-state index in [0.717, 1.165) is 0 Å². The monoisotopic (exact) mass is 279 g/mol. The summed E-state index contributed by atoms with van der Waals surface area (Å²) < 4.78 is 1.52. The average Bonchev–Trinajstić information content (AvgIpc) is 2.68. The van der Waals surface area contributed by atoms with Gasteiger partial charge in [-0.2, -0.15) is 5.10 Å². The zero-order chi connectivity index (χ0) is 14.0. The lowest BCUT2D eigenvalue weighted by Gasteiger charge is -2.00. The molecule has 0 saturated carbocycles. The highest BCUT2D eigenvalue weighted by molar-refractivity contribution is 6.33. The highest BCUT2D eigenvalue weighted by Gasteiger charge is 2.09. The van der Waals surface area contributed by atoms with Crippen LogP contribution in [0.1, 0.15) is 17.2 Å². The molecule has 0 unspecified atom stereocenters. The van der Waals surface area contributed by atoms with Gasteiger partial charge in [0.25, 0.3) is 5.69 Å². The van der Waals surface area contributed by atoms with E-state index in [0.29, 0.717) is 22.2 Å². The zero-order valence-corrected chi connectivity index (χ0v) is 11.0. The van der Waals surface area contributed by atoms with E-state index in [4.69, 9.17) is 11.6 Å². The zero-order valence-electron chi connectivity index (χ0n) is 10.2. The number of nitro groups is 1. The third kappa shape index (κ3) is 2.76. The van der Waals surface area contributed by atoms with Gasteiger partial charge in [-0.1, -0.05) is 11.6 Å². The average molecular weight is 280 g/mol. The molecule has 2 aromatic rings. The lowest BCUT2D eigenvalue weighted by molar-refractivity contribution is -0.384. The lowest BCUT2D eigenvalue weighted by Crippen LogP contribution is -1.97. The number of hydrogen-bond donors (Lipinski definition) is 0. The van der Waals surface area contributed by atoms with Crippen molar-refractivity contribution in [1.82, 2.24) is 14.9 Å². The fourth-order valence-electron chi connectivity index (χ4n) is 1.49. The van der Waals surface area contributed by atoms with Gasteiger partial charge in [0.1, 0.15) is 0 Å². The first kappa shape index (κ1) is 13.2. The number of rotatable bonds is 3. The Morgan fingerprint density at radius 1 is 1.37 bits per heavy atom. The first-order valence-corrected chi connectivity index (χ1v) is 5.74. The number of hydrogen-bond acceptors (Lipinski definition) is 5. The maximum absolute atomic E-state index is 10.7. The number of nitrogens with zero attached hydrogens (tertiary/aromatic N) is 5. The molecule has 0 spiro atoms. The van der Waals surface area contributed by atoms with Gasteiger partial charge in [0.2, 0.25) is 0 Å². The van der Waals surface area contributed by atoms with Crippen LogP contribution in [0, 0.1) is 24.0 Å². The minimum atomic E-state index is -0.483. The van der Waals surface area contributed by atoms with Crippen molar-refractivity contribution in [3.63, 3.8) is 0 Å². The van der Waals surface area contributed by atoms with Crippen molar-refractivity contribution in [2.45, 2.75) is 13.8 Å². The quantitative estimate of drug-likeness (QED) is 0.490. The summed E-state index contributed by atoms with van der Waals surface area (Å²) in [6.45, 7) is 3.51. The predicted molar refractivity (Wildman–Crippen MR) is 70.6 cm³/mol. The molecule has 0 atom stereocenters. The molecule has 0 saturated heterocycles. The minimum Gasteiger partial charge on any atom is -0.258 e. The molecule has 0 amide bonds. The Kier molecular flexibility index (Phi) is 3.57. The Morgan fingerprint density at radius 2 is 2.00 bits per heavy atom. The molecule has 19 heavy (non-hydrogen) atoms. The Balaban J connectivity index is 2.38. The van der Waals surface area contributed by atoms with Crippen molar-refractivity contribution in [1.29, 1.82) is 0 Å². The van der Waals surface area contributed by atoms with Crippen molar-refractivity contribution >= 4 is 23.5 Å². The molecule has 2 rings (SSSR count). The highest BCUT2D eigenvalue weighted by Crippen LogP contribution is 2.20. The lowest BCUT2D eigenvalue weighted by atomic mass is 10.2. The number of non-ortho nitro benzene ring substituents is 1. The minimum absolute atomic E-state index is 0.0388. The molecule has 1 heterocycles. The van der Waals surface area contributed by atoms with E-state index in [1.165, 1.54) is 29.1 Å². The molecule has 0 aliphatic carbocycles. The molecule has 0 aliphatic heterocycles. The normalized spacial score (nSPS) is 11.1. The number of aryl methyl sites for hydroxylation is 2. The smallest absolute Gasteiger partial charge is 0.258 e. The molecule has 0 aliphatic rings. The van der Waals surface area contributed by atoms with E-state index in [2.05, 4.69) is 15.3 Å². The summed E-state index contributed by atoms with van der Waals surface area (Å²) in [5.74, 6) is 1.24. The first-order valence-electron chi connectivity index (χ1n) is 5.36. The first-order chi connectivity index (χ1) is 8.99. The second-order valence-corrected chi connectivity index (χ2v) is 4.22. The van der Waals surface area contributed by atoms with Crippen LogP contribution >= 0.6 is 11.6 Å². The van der Waals surface area contributed by atoms with Crippen LogP contribution in [0.4, 0.5) is 5.69 Å². The fraction of sp³-hybridized carbons (Fsp3) is 0.182. The van der Waals surface area contributed by atoms with Crippen molar-refractivity contribution in [3.8, 4) is 0 Å². The van der Waals surface area contributed by atoms with Gasteiger partial charge in [-0.15, -0.1) is 10.2 Å². The van der Waals surface area contributed by atoms with Gasteiger partial charge in [0, 0.05) is 22.7 Å². The second-order valence-electron chi connectivity index (χ2n) is 3.81. The van der Waals surface area contributed by atoms with E-state index in [1.54, 1.807) is 13.8 Å². The summed E-state index contributed by atoms with van der Waals surface area (Å²) in [6.07, 6.45) is 1.44. The van der Waals surface area contributed by atoms with E-state index in [1.807, 2.05) is 0 Å². The van der Waals surface area contributed by atoms with Crippen molar-refractivity contribution in [2.24, 2.45) is 5.10 Å². The SMILES string of the molecule is Cc1nnc(C)n1/N=C/c1cc([N+](=O)[O-])ccc1Cl. The largest absolute Gasteiger partial charge is 0.270 e. The maximum Gasteiger partial charge on any atom is 0.270 e. The van der Waals surface area contributed by atoms with Crippen molar-refractivity contribution in [2.75, 3.05) is 0 Å². The molecular weight excluding hydrogens is 270 g/mol. The fourth-order valence-corrected chi connectivity index (χ4v) is 1.66.